The molecule has 0 bridgehead atoms. The Bertz CT molecular complexity index is 129. The first-order chi connectivity index (χ1) is 4.34. The van der Waals surface area contributed by atoms with Crippen LogP contribution in [-0.2, 0) is 4.79 Å². The molecule has 0 amide bonds. The van der Waals surface area contributed by atoms with Crippen LogP contribution in [0, 0.1) is 5.92 Å². The Morgan fingerprint density at radius 1 is 1.78 bits per heavy atom. The summed E-state index contributed by atoms with van der Waals surface area (Å²) in [6.45, 7) is 0. The molecule has 0 heterocycles. The third-order valence-electron chi connectivity index (χ3n) is 1.62. The largest absolute Gasteiger partial charge is 0.392 e. The van der Waals surface area contributed by atoms with Gasteiger partial charge in [0.15, 0.2) is 0 Å². The van der Waals surface area contributed by atoms with Gasteiger partial charge in [-0.05, 0) is 6.42 Å². The fourth-order valence-corrected chi connectivity index (χ4v) is 1.04. The molecule has 2 heteroatoms. The molecule has 1 N–H and O–H groups in total. The van der Waals surface area contributed by atoms with Crippen LogP contribution in [0.15, 0.2) is 12.2 Å². The zero-order valence-corrected chi connectivity index (χ0v) is 5.16. The molecule has 9 heavy (non-hydrogen) atoms. The highest BCUT2D eigenvalue weighted by atomic mass is 16.3. The summed E-state index contributed by atoms with van der Waals surface area (Å²) < 4.78 is 0. The van der Waals surface area contributed by atoms with E-state index in [9.17, 15) is 4.79 Å². The van der Waals surface area contributed by atoms with E-state index in [0.717, 1.165) is 6.29 Å². The van der Waals surface area contributed by atoms with E-state index in [4.69, 9.17) is 5.11 Å². The van der Waals surface area contributed by atoms with Crippen LogP contribution in [0.5, 0.6) is 0 Å². The van der Waals surface area contributed by atoms with Crippen LogP contribution in [0.25, 0.3) is 0 Å². The Morgan fingerprint density at radius 3 is 3.00 bits per heavy atom. The predicted molar refractivity (Wildman–Crippen MR) is 33.9 cm³/mol. The van der Waals surface area contributed by atoms with Gasteiger partial charge >= 0.3 is 0 Å². The summed E-state index contributed by atoms with van der Waals surface area (Å²) in [7, 11) is 0. The summed E-state index contributed by atoms with van der Waals surface area (Å²) in [5, 5.41) is 9.10. The van der Waals surface area contributed by atoms with Crippen LogP contribution in [0.1, 0.15) is 12.8 Å². The maximum atomic E-state index is 9.96. The van der Waals surface area contributed by atoms with Crippen molar-refractivity contribution in [3.63, 3.8) is 0 Å². The van der Waals surface area contributed by atoms with Crippen molar-refractivity contribution in [2.75, 3.05) is 0 Å². The molecule has 0 aromatic heterocycles. The molecule has 50 valence electrons. The van der Waals surface area contributed by atoms with Gasteiger partial charge in [0.1, 0.15) is 6.29 Å². The maximum absolute atomic E-state index is 9.96. The highest BCUT2D eigenvalue weighted by molar-refractivity contribution is 5.50. The van der Waals surface area contributed by atoms with Gasteiger partial charge in [-0.2, -0.15) is 0 Å². The second kappa shape index (κ2) is 2.78. The SMILES string of the molecule is O=CC[C@H]1C=CC[C@H]1O. The Kier molecular flexibility index (Phi) is 2.01. The maximum Gasteiger partial charge on any atom is 0.120 e. The molecule has 0 saturated carbocycles. The molecule has 0 fully saturated rings. The Labute approximate surface area is 54.2 Å². The smallest absolute Gasteiger partial charge is 0.120 e. The summed E-state index contributed by atoms with van der Waals surface area (Å²) in [6, 6.07) is 0. The minimum atomic E-state index is -0.310. The normalized spacial score (nSPS) is 33.0. The number of aliphatic hydroxyl groups excluding tert-OH is 1. The molecule has 0 aliphatic heterocycles. The molecule has 0 unspecified atom stereocenters. The van der Waals surface area contributed by atoms with Crippen molar-refractivity contribution in [2.24, 2.45) is 5.92 Å². The summed E-state index contributed by atoms with van der Waals surface area (Å²) in [4.78, 5) is 9.96. The molecule has 0 aromatic carbocycles. The van der Waals surface area contributed by atoms with E-state index < -0.39 is 0 Å². The van der Waals surface area contributed by atoms with Crippen LogP contribution in [0.2, 0.25) is 0 Å². The van der Waals surface area contributed by atoms with Crippen molar-refractivity contribution in [2.45, 2.75) is 18.9 Å². The molecule has 1 rings (SSSR count). The standard InChI is InChI=1S/C7H10O2/c8-5-4-6-2-1-3-7(6)9/h1-2,5-7,9H,3-4H2/t6-,7-/m1/s1. The second-order valence-corrected chi connectivity index (χ2v) is 2.30. The first kappa shape index (κ1) is 6.49. The lowest BCUT2D eigenvalue weighted by Crippen LogP contribution is -2.13. The molecular formula is C7H10O2. The Hall–Kier alpha value is -0.630. The van der Waals surface area contributed by atoms with Gasteiger partial charge in [-0.1, -0.05) is 12.2 Å². The number of rotatable bonds is 2. The average molecular weight is 126 g/mol. The third kappa shape index (κ3) is 1.39. The Balaban J connectivity index is 2.39. The van der Waals surface area contributed by atoms with Gasteiger partial charge in [0.2, 0.25) is 0 Å². The number of aliphatic hydroxyl groups is 1. The van der Waals surface area contributed by atoms with Crippen LogP contribution in [0.4, 0.5) is 0 Å². The van der Waals surface area contributed by atoms with E-state index >= 15 is 0 Å². The van der Waals surface area contributed by atoms with E-state index in [2.05, 4.69) is 0 Å². The lowest BCUT2D eigenvalue weighted by molar-refractivity contribution is -0.108. The highest BCUT2D eigenvalue weighted by Crippen LogP contribution is 2.19. The van der Waals surface area contributed by atoms with E-state index in [1.807, 2.05) is 12.2 Å². The van der Waals surface area contributed by atoms with E-state index in [-0.39, 0.29) is 12.0 Å². The first-order valence-corrected chi connectivity index (χ1v) is 3.13. The molecule has 0 saturated heterocycles. The Morgan fingerprint density at radius 2 is 2.56 bits per heavy atom. The van der Waals surface area contributed by atoms with Crippen LogP contribution in [0.3, 0.4) is 0 Å². The quantitative estimate of drug-likeness (QED) is 0.432. The van der Waals surface area contributed by atoms with Crippen LogP contribution in [-0.4, -0.2) is 17.5 Å². The fourth-order valence-electron chi connectivity index (χ4n) is 1.04. The van der Waals surface area contributed by atoms with Gasteiger partial charge in [-0.3, -0.25) is 0 Å². The van der Waals surface area contributed by atoms with Crippen molar-refractivity contribution in [1.29, 1.82) is 0 Å². The molecule has 0 spiro atoms. The number of hydrogen-bond acceptors (Lipinski definition) is 2. The molecule has 0 radical (unpaired) electrons. The second-order valence-electron chi connectivity index (χ2n) is 2.30. The number of carbonyl (C=O) groups is 1. The van der Waals surface area contributed by atoms with Crippen molar-refractivity contribution >= 4 is 6.29 Å². The van der Waals surface area contributed by atoms with E-state index in [0.29, 0.717) is 12.8 Å². The van der Waals surface area contributed by atoms with Gasteiger partial charge in [0.05, 0.1) is 6.10 Å². The zero-order valence-electron chi connectivity index (χ0n) is 5.16. The van der Waals surface area contributed by atoms with Gasteiger partial charge in [-0.25, -0.2) is 0 Å². The van der Waals surface area contributed by atoms with Gasteiger partial charge in [0.25, 0.3) is 0 Å². The number of carbonyl (C=O) groups excluding carboxylic acids is 1. The summed E-state index contributed by atoms with van der Waals surface area (Å²) >= 11 is 0. The lowest BCUT2D eigenvalue weighted by atomic mass is 10.0. The minimum absolute atomic E-state index is 0.0856. The third-order valence-corrected chi connectivity index (χ3v) is 1.62. The zero-order chi connectivity index (χ0) is 6.69. The summed E-state index contributed by atoms with van der Waals surface area (Å²) in [5.74, 6) is 0.0856. The van der Waals surface area contributed by atoms with E-state index in [1.54, 1.807) is 0 Å². The van der Waals surface area contributed by atoms with Crippen molar-refractivity contribution < 1.29 is 9.90 Å². The monoisotopic (exact) mass is 126 g/mol. The van der Waals surface area contributed by atoms with Gasteiger partial charge in [0, 0.05) is 12.3 Å². The predicted octanol–water partition coefficient (Wildman–Crippen LogP) is 0.512. The first-order valence-electron chi connectivity index (χ1n) is 3.13. The molecule has 0 aromatic rings. The van der Waals surface area contributed by atoms with Gasteiger partial charge in [-0.15, -0.1) is 0 Å². The van der Waals surface area contributed by atoms with Crippen molar-refractivity contribution in [1.82, 2.24) is 0 Å². The molecule has 1 aliphatic carbocycles. The topological polar surface area (TPSA) is 37.3 Å². The van der Waals surface area contributed by atoms with Crippen molar-refractivity contribution in [3.8, 4) is 0 Å². The number of aldehydes is 1. The van der Waals surface area contributed by atoms with Crippen LogP contribution >= 0.6 is 0 Å². The van der Waals surface area contributed by atoms with E-state index in [1.165, 1.54) is 0 Å². The number of hydrogen-bond donors (Lipinski definition) is 1. The minimum Gasteiger partial charge on any atom is -0.392 e. The summed E-state index contributed by atoms with van der Waals surface area (Å²) in [5.41, 5.74) is 0. The highest BCUT2D eigenvalue weighted by Gasteiger charge is 2.18. The molecule has 2 nitrogen and oxygen atoms in total. The molecular weight excluding hydrogens is 116 g/mol. The van der Waals surface area contributed by atoms with Gasteiger partial charge < -0.3 is 9.90 Å². The average Bonchev–Trinajstić information content (AvgIpc) is 2.18. The lowest BCUT2D eigenvalue weighted by Gasteiger charge is -2.08. The molecule has 2 atom stereocenters. The summed E-state index contributed by atoms with van der Waals surface area (Å²) in [6.07, 6.45) is 5.52. The van der Waals surface area contributed by atoms with Crippen molar-refractivity contribution in [3.05, 3.63) is 12.2 Å². The van der Waals surface area contributed by atoms with Crippen LogP contribution < -0.4 is 0 Å². The fraction of sp³-hybridized carbons (Fsp3) is 0.571. The molecule has 1 aliphatic rings.